The summed E-state index contributed by atoms with van der Waals surface area (Å²) in [6.07, 6.45) is 0. The van der Waals surface area contributed by atoms with Crippen LogP contribution in [0.25, 0.3) is 0 Å². The molecule has 0 amide bonds. The number of nitrogens with zero attached hydrogens (tertiary/aromatic N) is 2. The van der Waals surface area contributed by atoms with Crippen molar-refractivity contribution in [1.82, 2.24) is 4.90 Å². The fraction of sp³-hybridized carbons (Fsp3) is 0.273. The van der Waals surface area contributed by atoms with Crippen LogP contribution in [0.2, 0.25) is 0 Å². The molecule has 2 atom stereocenters. The van der Waals surface area contributed by atoms with Crippen molar-refractivity contribution in [3.05, 3.63) is 83.9 Å². The van der Waals surface area contributed by atoms with Gasteiger partial charge in [0.1, 0.15) is 5.84 Å². The van der Waals surface area contributed by atoms with Gasteiger partial charge in [0.2, 0.25) is 0 Å². The van der Waals surface area contributed by atoms with E-state index in [9.17, 15) is 0 Å². The summed E-state index contributed by atoms with van der Waals surface area (Å²) in [7, 11) is 2.04. The molecule has 1 N–H and O–H groups in total. The summed E-state index contributed by atoms with van der Waals surface area (Å²) in [4.78, 5) is 6.82. The van der Waals surface area contributed by atoms with Gasteiger partial charge in [0.25, 0.3) is 0 Å². The molecule has 0 aromatic heterocycles. The minimum atomic E-state index is 0.222. The molecule has 25 heavy (non-hydrogen) atoms. The minimum absolute atomic E-state index is 0.222. The zero-order chi connectivity index (χ0) is 18.4. The molecular formula is C22H27N3. The highest BCUT2D eigenvalue weighted by atomic mass is 15.2. The highest BCUT2D eigenvalue weighted by Crippen LogP contribution is 2.19. The highest BCUT2D eigenvalue weighted by Gasteiger charge is 2.22. The Bertz CT molecular complexity index is 747. The highest BCUT2D eigenvalue weighted by molar-refractivity contribution is 6.10. The maximum absolute atomic E-state index is 8.40. The molecule has 0 saturated heterocycles. The van der Waals surface area contributed by atoms with E-state index in [1.54, 1.807) is 0 Å². The lowest BCUT2D eigenvalue weighted by Crippen LogP contribution is -2.40. The summed E-state index contributed by atoms with van der Waals surface area (Å²) in [6, 6.07) is 19.9. The van der Waals surface area contributed by atoms with Crippen LogP contribution in [0.4, 0.5) is 0 Å². The van der Waals surface area contributed by atoms with E-state index in [2.05, 4.69) is 37.2 Å². The molecule has 2 aromatic rings. The summed E-state index contributed by atoms with van der Waals surface area (Å²) >= 11 is 0. The van der Waals surface area contributed by atoms with Gasteiger partial charge in [-0.25, -0.2) is 4.99 Å². The van der Waals surface area contributed by atoms with Crippen LogP contribution in [0.15, 0.2) is 77.8 Å². The molecule has 0 radical (unpaired) electrons. The first-order chi connectivity index (χ1) is 11.9. The first-order valence-corrected chi connectivity index (χ1v) is 8.58. The van der Waals surface area contributed by atoms with E-state index in [-0.39, 0.29) is 11.9 Å². The van der Waals surface area contributed by atoms with Crippen LogP contribution in [-0.2, 0) is 0 Å². The van der Waals surface area contributed by atoms with E-state index in [0.29, 0.717) is 5.92 Å². The Morgan fingerprint density at radius 1 is 0.960 bits per heavy atom. The lowest BCUT2D eigenvalue weighted by molar-refractivity contribution is 0.322. The van der Waals surface area contributed by atoms with Crippen molar-refractivity contribution < 1.29 is 0 Å². The number of hydrogen-bond acceptors (Lipinski definition) is 1. The third kappa shape index (κ3) is 4.66. The molecule has 0 bridgehead atoms. The van der Waals surface area contributed by atoms with Crippen molar-refractivity contribution in [2.45, 2.75) is 26.8 Å². The molecule has 0 aliphatic rings. The molecule has 1 unspecified atom stereocenters. The number of benzene rings is 2. The number of hydrogen-bond donors (Lipinski definition) is 1. The topological polar surface area (TPSA) is 39.5 Å². The maximum Gasteiger partial charge on any atom is 0.154 e. The Labute approximate surface area is 151 Å². The lowest BCUT2D eigenvalue weighted by Gasteiger charge is -2.33. The Morgan fingerprint density at radius 3 is 1.92 bits per heavy atom. The zero-order valence-electron chi connectivity index (χ0n) is 15.5. The van der Waals surface area contributed by atoms with E-state index in [0.717, 1.165) is 22.5 Å². The molecule has 0 heterocycles. The van der Waals surface area contributed by atoms with Gasteiger partial charge >= 0.3 is 0 Å². The van der Waals surface area contributed by atoms with Crippen molar-refractivity contribution in [3.8, 4) is 0 Å². The van der Waals surface area contributed by atoms with Crippen LogP contribution in [0.3, 0.4) is 0 Å². The molecule has 0 aliphatic heterocycles. The third-order valence-electron chi connectivity index (χ3n) is 4.74. The largest absolute Gasteiger partial charge is 0.356 e. The zero-order valence-corrected chi connectivity index (χ0v) is 15.5. The second-order valence-electron chi connectivity index (χ2n) is 6.50. The molecule has 130 valence electrons. The van der Waals surface area contributed by atoms with E-state index >= 15 is 0 Å². The summed E-state index contributed by atoms with van der Waals surface area (Å²) in [6.45, 7) is 10.5. The van der Waals surface area contributed by atoms with Crippen molar-refractivity contribution in [3.63, 3.8) is 0 Å². The average molecular weight is 333 g/mol. The van der Waals surface area contributed by atoms with E-state index in [4.69, 9.17) is 5.41 Å². The molecule has 0 fully saturated rings. The van der Waals surface area contributed by atoms with Crippen LogP contribution in [-0.4, -0.2) is 29.7 Å². The second kappa shape index (κ2) is 8.43. The number of amidine groups is 2. The molecule has 0 spiro atoms. The Kier molecular flexibility index (Phi) is 6.29. The maximum atomic E-state index is 8.40. The number of rotatable bonds is 5. The molecule has 3 nitrogen and oxygen atoms in total. The molecule has 3 heteroatoms. The first-order valence-electron chi connectivity index (χ1n) is 8.58. The fourth-order valence-electron chi connectivity index (χ4n) is 2.64. The third-order valence-corrected chi connectivity index (χ3v) is 4.74. The molecule has 0 saturated carbocycles. The summed E-state index contributed by atoms with van der Waals surface area (Å²) in [5.41, 5.74) is 2.96. The standard InChI is InChI=1S/C22H27N3/c1-16(2)17(3)18(4)25(5)22(20-14-10-7-11-15-20)24-21(23)19-12-8-6-9-13-19/h6-15,17-18,23H,1H2,2-5H3/t17?,18-/m0/s1. The lowest BCUT2D eigenvalue weighted by atomic mass is 9.95. The number of nitrogens with one attached hydrogen (secondary N) is 1. The van der Waals surface area contributed by atoms with Gasteiger partial charge in [-0.15, -0.1) is 0 Å². The van der Waals surface area contributed by atoms with Crippen molar-refractivity contribution in [2.24, 2.45) is 10.9 Å². The molecule has 0 aliphatic carbocycles. The Morgan fingerprint density at radius 2 is 1.44 bits per heavy atom. The van der Waals surface area contributed by atoms with Crippen LogP contribution >= 0.6 is 0 Å². The quantitative estimate of drug-likeness (QED) is 0.467. The monoisotopic (exact) mass is 333 g/mol. The van der Waals surface area contributed by atoms with Crippen LogP contribution in [0.5, 0.6) is 0 Å². The SMILES string of the molecule is C=C(C)C(C)[C@H](C)N(C)C(=NC(=N)c1ccccc1)c1ccccc1. The molecule has 2 rings (SSSR count). The van der Waals surface area contributed by atoms with Crippen LogP contribution in [0, 0.1) is 11.3 Å². The summed E-state index contributed by atoms with van der Waals surface area (Å²) in [5.74, 6) is 1.39. The van der Waals surface area contributed by atoms with Gasteiger partial charge in [-0.1, -0.05) is 79.7 Å². The summed E-state index contributed by atoms with van der Waals surface area (Å²) in [5, 5.41) is 8.40. The predicted molar refractivity (Wildman–Crippen MR) is 107 cm³/mol. The Balaban J connectivity index is 2.42. The average Bonchev–Trinajstić information content (AvgIpc) is 2.65. The number of aliphatic imine (C=N–C) groups is 1. The van der Waals surface area contributed by atoms with Gasteiger partial charge in [0.05, 0.1) is 0 Å². The van der Waals surface area contributed by atoms with Gasteiger partial charge in [-0.3, -0.25) is 5.41 Å². The Hall–Kier alpha value is -2.68. The smallest absolute Gasteiger partial charge is 0.154 e. The van der Waals surface area contributed by atoms with Crippen molar-refractivity contribution >= 4 is 11.7 Å². The van der Waals surface area contributed by atoms with Gasteiger partial charge in [-0.05, 0) is 19.8 Å². The van der Waals surface area contributed by atoms with Crippen LogP contribution in [0.1, 0.15) is 31.9 Å². The van der Waals surface area contributed by atoms with Gasteiger partial charge in [0, 0.05) is 24.2 Å². The minimum Gasteiger partial charge on any atom is -0.356 e. The van der Waals surface area contributed by atoms with Gasteiger partial charge in [0.15, 0.2) is 5.84 Å². The van der Waals surface area contributed by atoms with Gasteiger partial charge in [-0.2, -0.15) is 0 Å². The second-order valence-corrected chi connectivity index (χ2v) is 6.50. The van der Waals surface area contributed by atoms with E-state index < -0.39 is 0 Å². The first kappa shape index (κ1) is 18.7. The normalized spacial score (nSPS) is 13.8. The van der Waals surface area contributed by atoms with Crippen LogP contribution < -0.4 is 0 Å². The van der Waals surface area contributed by atoms with Crippen molar-refractivity contribution in [1.29, 1.82) is 5.41 Å². The van der Waals surface area contributed by atoms with Crippen molar-refractivity contribution in [2.75, 3.05) is 7.05 Å². The van der Waals surface area contributed by atoms with E-state index in [1.165, 1.54) is 0 Å². The molecule has 2 aromatic carbocycles. The predicted octanol–water partition coefficient (Wildman–Crippen LogP) is 4.99. The van der Waals surface area contributed by atoms with E-state index in [1.807, 2.05) is 67.7 Å². The van der Waals surface area contributed by atoms with Gasteiger partial charge < -0.3 is 4.90 Å². The molecular weight excluding hydrogens is 306 g/mol. The summed E-state index contributed by atoms with van der Waals surface area (Å²) < 4.78 is 0. The fourth-order valence-corrected chi connectivity index (χ4v) is 2.64.